The van der Waals surface area contributed by atoms with E-state index in [2.05, 4.69) is 4.74 Å². The van der Waals surface area contributed by atoms with Crippen molar-refractivity contribution in [1.82, 2.24) is 0 Å². The Balaban J connectivity index is 2.36. The summed E-state index contributed by atoms with van der Waals surface area (Å²) in [6.07, 6.45) is 0. The van der Waals surface area contributed by atoms with E-state index in [0.717, 1.165) is 0 Å². The average Bonchev–Trinajstić information content (AvgIpc) is 2.44. The first kappa shape index (κ1) is 15.3. The van der Waals surface area contributed by atoms with Gasteiger partial charge in [0, 0.05) is 5.56 Å². The van der Waals surface area contributed by atoms with Gasteiger partial charge in [-0.15, -0.1) is 0 Å². The van der Waals surface area contributed by atoms with Crippen LogP contribution in [0, 0.1) is 18.6 Å². The van der Waals surface area contributed by atoms with Crippen molar-refractivity contribution in [3.05, 3.63) is 64.7 Å². The summed E-state index contributed by atoms with van der Waals surface area (Å²) in [5.74, 6) is -2.10. The van der Waals surface area contributed by atoms with Gasteiger partial charge in [-0.2, -0.15) is 8.78 Å². The Bertz CT molecular complexity index is 646. The number of rotatable bonds is 4. The SMILES string of the molecule is Cc1ccc(C(N)c2cccc(OC(F)F)c2)c(F)c1F. The minimum atomic E-state index is -2.97. The second-order valence-electron chi connectivity index (χ2n) is 4.53. The van der Waals surface area contributed by atoms with Crippen LogP contribution in [0.15, 0.2) is 36.4 Å². The van der Waals surface area contributed by atoms with Gasteiger partial charge in [-0.05, 0) is 30.2 Å². The van der Waals surface area contributed by atoms with Crippen LogP contribution in [0.5, 0.6) is 5.75 Å². The second-order valence-corrected chi connectivity index (χ2v) is 4.53. The van der Waals surface area contributed by atoms with Crippen molar-refractivity contribution in [3.8, 4) is 5.75 Å². The van der Waals surface area contributed by atoms with Crippen molar-refractivity contribution >= 4 is 0 Å². The molecule has 2 aromatic rings. The Morgan fingerprint density at radius 3 is 2.43 bits per heavy atom. The fraction of sp³-hybridized carbons (Fsp3) is 0.200. The van der Waals surface area contributed by atoms with E-state index in [1.165, 1.54) is 43.3 Å². The Hall–Kier alpha value is -2.08. The maximum Gasteiger partial charge on any atom is 0.387 e. The van der Waals surface area contributed by atoms with E-state index in [4.69, 9.17) is 5.73 Å². The van der Waals surface area contributed by atoms with Crippen molar-refractivity contribution in [2.45, 2.75) is 19.6 Å². The maximum absolute atomic E-state index is 13.9. The van der Waals surface area contributed by atoms with Gasteiger partial charge >= 0.3 is 6.61 Å². The zero-order valence-corrected chi connectivity index (χ0v) is 11.1. The molecular weight excluding hydrogens is 286 g/mol. The van der Waals surface area contributed by atoms with Crippen molar-refractivity contribution in [3.63, 3.8) is 0 Å². The molecule has 0 amide bonds. The average molecular weight is 299 g/mol. The lowest BCUT2D eigenvalue weighted by Gasteiger charge is -2.15. The fourth-order valence-electron chi connectivity index (χ4n) is 1.96. The molecule has 0 fully saturated rings. The molecule has 0 radical (unpaired) electrons. The van der Waals surface area contributed by atoms with Gasteiger partial charge < -0.3 is 10.5 Å². The van der Waals surface area contributed by atoms with Gasteiger partial charge in [0.15, 0.2) is 11.6 Å². The van der Waals surface area contributed by atoms with Crippen LogP contribution in [-0.2, 0) is 0 Å². The molecule has 0 heterocycles. The van der Waals surface area contributed by atoms with Gasteiger partial charge in [0.05, 0.1) is 6.04 Å². The van der Waals surface area contributed by atoms with Gasteiger partial charge in [-0.3, -0.25) is 0 Å². The second kappa shape index (κ2) is 6.13. The minimum Gasteiger partial charge on any atom is -0.435 e. The molecule has 2 aromatic carbocycles. The standard InChI is InChI=1S/C15H13F4NO/c1-8-5-6-11(13(17)12(8)16)14(20)9-3-2-4-10(7-9)21-15(18)19/h2-7,14-15H,20H2,1H3. The van der Waals surface area contributed by atoms with E-state index in [1.54, 1.807) is 0 Å². The Kier molecular flexibility index (Phi) is 4.47. The Labute approximate surface area is 119 Å². The number of ether oxygens (including phenoxy) is 1. The molecule has 1 atom stereocenters. The molecule has 2 rings (SSSR count). The number of nitrogens with two attached hydrogens (primary N) is 1. The molecule has 0 saturated carbocycles. The van der Waals surface area contributed by atoms with Crippen LogP contribution in [0.25, 0.3) is 0 Å². The van der Waals surface area contributed by atoms with Gasteiger partial charge in [-0.25, -0.2) is 8.78 Å². The lowest BCUT2D eigenvalue weighted by atomic mass is 9.97. The molecule has 0 aliphatic carbocycles. The number of alkyl halides is 2. The molecule has 0 aromatic heterocycles. The van der Waals surface area contributed by atoms with Crippen LogP contribution in [0.4, 0.5) is 17.6 Å². The molecular formula is C15H13F4NO. The van der Waals surface area contributed by atoms with Gasteiger partial charge in [0.25, 0.3) is 0 Å². The highest BCUT2D eigenvalue weighted by Gasteiger charge is 2.18. The number of hydrogen-bond donors (Lipinski definition) is 1. The summed E-state index contributed by atoms with van der Waals surface area (Å²) in [6.45, 7) is -1.53. The smallest absolute Gasteiger partial charge is 0.387 e. The van der Waals surface area contributed by atoms with Crippen LogP contribution in [0.3, 0.4) is 0 Å². The van der Waals surface area contributed by atoms with Crippen molar-refractivity contribution < 1.29 is 22.3 Å². The Morgan fingerprint density at radius 1 is 1.05 bits per heavy atom. The highest BCUT2D eigenvalue weighted by atomic mass is 19.3. The number of benzene rings is 2. The van der Waals surface area contributed by atoms with E-state index in [0.29, 0.717) is 5.56 Å². The third-order valence-electron chi connectivity index (χ3n) is 3.08. The molecule has 0 aliphatic rings. The lowest BCUT2D eigenvalue weighted by molar-refractivity contribution is -0.0498. The number of hydrogen-bond acceptors (Lipinski definition) is 2. The molecule has 112 valence electrons. The summed E-state index contributed by atoms with van der Waals surface area (Å²) < 4.78 is 56.1. The first-order valence-electron chi connectivity index (χ1n) is 6.15. The largest absolute Gasteiger partial charge is 0.435 e. The van der Waals surface area contributed by atoms with E-state index >= 15 is 0 Å². The highest BCUT2D eigenvalue weighted by molar-refractivity contribution is 5.38. The van der Waals surface area contributed by atoms with Crippen LogP contribution in [-0.4, -0.2) is 6.61 Å². The summed E-state index contributed by atoms with van der Waals surface area (Å²) in [5.41, 5.74) is 6.35. The topological polar surface area (TPSA) is 35.2 Å². The maximum atomic E-state index is 13.9. The van der Waals surface area contributed by atoms with Crippen LogP contribution < -0.4 is 10.5 Å². The van der Waals surface area contributed by atoms with E-state index in [9.17, 15) is 17.6 Å². The quantitative estimate of drug-likeness (QED) is 0.868. The predicted molar refractivity (Wildman–Crippen MR) is 70.2 cm³/mol. The minimum absolute atomic E-state index is 0.0488. The molecule has 0 aliphatic heterocycles. The van der Waals surface area contributed by atoms with Gasteiger partial charge in [0.1, 0.15) is 5.75 Å². The zero-order chi connectivity index (χ0) is 15.6. The van der Waals surface area contributed by atoms with Crippen molar-refractivity contribution in [1.29, 1.82) is 0 Å². The van der Waals surface area contributed by atoms with Crippen molar-refractivity contribution in [2.24, 2.45) is 5.73 Å². The van der Waals surface area contributed by atoms with Crippen molar-refractivity contribution in [2.75, 3.05) is 0 Å². The fourth-order valence-corrected chi connectivity index (χ4v) is 1.96. The van der Waals surface area contributed by atoms with Crippen LogP contribution in [0.2, 0.25) is 0 Å². The normalized spacial score (nSPS) is 12.5. The van der Waals surface area contributed by atoms with Gasteiger partial charge in [-0.1, -0.05) is 24.3 Å². The monoisotopic (exact) mass is 299 g/mol. The summed E-state index contributed by atoms with van der Waals surface area (Å²) in [5, 5.41) is 0. The summed E-state index contributed by atoms with van der Waals surface area (Å²) in [7, 11) is 0. The number of aryl methyl sites for hydroxylation is 1. The van der Waals surface area contributed by atoms with E-state index < -0.39 is 24.3 Å². The molecule has 1 unspecified atom stereocenters. The first-order chi connectivity index (χ1) is 9.90. The van der Waals surface area contributed by atoms with Crippen LogP contribution >= 0.6 is 0 Å². The summed E-state index contributed by atoms with van der Waals surface area (Å²) in [6, 6.07) is 7.38. The van der Waals surface area contributed by atoms with E-state index in [1.807, 2.05) is 0 Å². The molecule has 6 heteroatoms. The summed E-state index contributed by atoms with van der Waals surface area (Å²) in [4.78, 5) is 0. The zero-order valence-electron chi connectivity index (χ0n) is 11.1. The first-order valence-corrected chi connectivity index (χ1v) is 6.15. The molecule has 0 bridgehead atoms. The van der Waals surface area contributed by atoms with Crippen LogP contribution in [0.1, 0.15) is 22.7 Å². The molecule has 2 N–H and O–H groups in total. The third-order valence-corrected chi connectivity index (χ3v) is 3.08. The number of halogens is 4. The molecule has 21 heavy (non-hydrogen) atoms. The third kappa shape index (κ3) is 3.33. The Morgan fingerprint density at radius 2 is 1.76 bits per heavy atom. The molecule has 0 spiro atoms. The molecule has 2 nitrogen and oxygen atoms in total. The summed E-state index contributed by atoms with van der Waals surface area (Å²) >= 11 is 0. The van der Waals surface area contributed by atoms with E-state index in [-0.39, 0.29) is 16.9 Å². The predicted octanol–water partition coefficient (Wildman–Crippen LogP) is 3.92. The highest BCUT2D eigenvalue weighted by Crippen LogP contribution is 2.27. The van der Waals surface area contributed by atoms with Gasteiger partial charge in [0.2, 0.25) is 0 Å². The molecule has 0 saturated heterocycles. The lowest BCUT2D eigenvalue weighted by Crippen LogP contribution is -2.15.